The highest BCUT2D eigenvalue weighted by Gasteiger charge is 2.41. The molecular formula is C26H28N2O5. The number of hydrogen-bond acceptors (Lipinski definition) is 4. The highest BCUT2D eigenvalue weighted by molar-refractivity contribution is 5.87. The molecule has 3 aliphatic rings. The average molecular weight is 449 g/mol. The first-order valence-corrected chi connectivity index (χ1v) is 11.7. The second-order valence-electron chi connectivity index (χ2n) is 9.20. The molecule has 2 aliphatic carbocycles. The fourth-order valence-corrected chi connectivity index (χ4v) is 5.49. The molecule has 2 aromatic carbocycles. The molecule has 33 heavy (non-hydrogen) atoms. The van der Waals surface area contributed by atoms with Gasteiger partial charge in [0.15, 0.2) is 0 Å². The third kappa shape index (κ3) is 4.08. The van der Waals surface area contributed by atoms with Gasteiger partial charge in [-0.1, -0.05) is 55.0 Å². The number of benzene rings is 2. The minimum absolute atomic E-state index is 0.00296. The molecule has 1 saturated carbocycles. The Hall–Kier alpha value is -3.35. The molecule has 3 atom stereocenters. The van der Waals surface area contributed by atoms with Gasteiger partial charge in [-0.25, -0.2) is 9.59 Å². The number of nitrogens with one attached hydrogen (secondary N) is 1. The van der Waals surface area contributed by atoms with Crippen molar-refractivity contribution in [3.05, 3.63) is 59.7 Å². The second kappa shape index (κ2) is 8.89. The van der Waals surface area contributed by atoms with Crippen LogP contribution in [-0.4, -0.2) is 53.2 Å². The maximum Gasteiger partial charge on any atom is 0.407 e. The Bertz CT molecular complexity index is 1040. The molecule has 2 aromatic rings. The third-order valence-electron chi connectivity index (χ3n) is 7.28. The molecule has 1 saturated heterocycles. The summed E-state index contributed by atoms with van der Waals surface area (Å²) in [4.78, 5) is 38.1. The van der Waals surface area contributed by atoms with Crippen LogP contribution in [-0.2, 0) is 14.3 Å². The van der Waals surface area contributed by atoms with Gasteiger partial charge in [-0.3, -0.25) is 4.79 Å². The number of amides is 2. The zero-order valence-electron chi connectivity index (χ0n) is 18.4. The van der Waals surface area contributed by atoms with E-state index in [9.17, 15) is 19.5 Å². The van der Waals surface area contributed by atoms with Crippen LogP contribution in [0, 0.1) is 5.92 Å². The number of carbonyl (C=O) groups is 3. The molecule has 7 heteroatoms. The van der Waals surface area contributed by atoms with E-state index < -0.39 is 18.1 Å². The Labute approximate surface area is 192 Å². The number of carboxylic acids is 1. The monoisotopic (exact) mass is 448 g/mol. The quantitative estimate of drug-likeness (QED) is 0.726. The summed E-state index contributed by atoms with van der Waals surface area (Å²) in [6.45, 7) is 0.750. The standard InChI is InChI=1S/C26H28N2O5/c29-24(28-13-12-23(28)25(30)31)16-6-5-7-17(14-16)27-26(32)33-15-22-20-10-3-1-8-18(20)19-9-2-4-11-21(19)22/h1-4,8-11,16-17,22-23H,5-7,12-15H2,(H,27,32)(H,30,31). The van der Waals surface area contributed by atoms with Crippen molar-refractivity contribution < 1.29 is 24.2 Å². The van der Waals surface area contributed by atoms with E-state index in [1.807, 2.05) is 24.3 Å². The van der Waals surface area contributed by atoms with Crippen LogP contribution in [0.1, 0.15) is 49.1 Å². The van der Waals surface area contributed by atoms with Crippen molar-refractivity contribution in [1.82, 2.24) is 10.2 Å². The Morgan fingerprint density at radius 3 is 2.24 bits per heavy atom. The molecule has 1 heterocycles. The summed E-state index contributed by atoms with van der Waals surface area (Å²) in [5.41, 5.74) is 4.69. The normalized spacial score (nSPS) is 23.8. The van der Waals surface area contributed by atoms with E-state index in [4.69, 9.17) is 4.74 Å². The first-order valence-electron chi connectivity index (χ1n) is 11.7. The zero-order valence-corrected chi connectivity index (χ0v) is 18.4. The molecule has 5 rings (SSSR count). The number of aliphatic carboxylic acids is 1. The number of carboxylic acid groups (broad SMARTS) is 1. The average Bonchev–Trinajstić information content (AvgIpc) is 3.10. The highest BCUT2D eigenvalue weighted by Crippen LogP contribution is 2.44. The van der Waals surface area contributed by atoms with E-state index >= 15 is 0 Å². The van der Waals surface area contributed by atoms with Crippen LogP contribution < -0.4 is 5.32 Å². The van der Waals surface area contributed by atoms with Gasteiger partial charge in [-0.15, -0.1) is 0 Å². The smallest absolute Gasteiger partial charge is 0.407 e. The molecule has 3 unspecified atom stereocenters. The summed E-state index contributed by atoms with van der Waals surface area (Å²) in [5.74, 6) is -1.30. The van der Waals surface area contributed by atoms with Crippen molar-refractivity contribution in [3.8, 4) is 11.1 Å². The van der Waals surface area contributed by atoms with E-state index in [1.165, 1.54) is 16.0 Å². The first kappa shape index (κ1) is 21.5. The summed E-state index contributed by atoms with van der Waals surface area (Å²) < 4.78 is 5.64. The minimum atomic E-state index is -0.946. The van der Waals surface area contributed by atoms with Crippen molar-refractivity contribution >= 4 is 18.0 Å². The van der Waals surface area contributed by atoms with Crippen LogP contribution in [0.4, 0.5) is 4.79 Å². The van der Waals surface area contributed by atoms with Gasteiger partial charge in [0.2, 0.25) is 5.91 Å². The maximum absolute atomic E-state index is 12.8. The number of fused-ring (bicyclic) bond motifs is 3. The molecule has 7 nitrogen and oxygen atoms in total. The molecule has 0 bridgehead atoms. The van der Waals surface area contributed by atoms with Gasteiger partial charge in [-0.2, -0.15) is 0 Å². The van der Waals surface area contributed by atoms with Crippen LogP contribution in [0.2, 0.25) is 0 Å². The molecule has 0 spiro atoms. The molecular weight excluding hydrogens is 420 g/mol. The van der Waals surface area contributed by atoms with Crippen LogP contribution >= 0.6 is 0 Å². The van der Waals surface area contributed by atoms with Gasteiger partial charge in [0.1, 0.15) is 12.6 Å². The number of alkyl carbamates (subject to hydrolysis) is 1. The molecule has 172 valence electrons. The Morgan fingerprint density at radius 1 is 0.970 bits per heavy atom. The SMILES string of the molecule is O=C(NC1CCCC(C(=O)N2CCC2C(=O)O)C1)OCC1c2ccccc2-c2ccccc21. The summed E-state index contributed by atoms with van der Waals surface area (Å²) >= 11 is 0. The van der Waals surface area contributed by atoms with Crippen LogP contribution in [0.3, 0.4) is 0 Å². The molecule has 0 aromatic heterocycles. The lowest BCUT2D eigenvalue weighted by atomic mass is 9.83. The fourth-order valence-electron chi connectivity index (χ4n) is 5.49. The van der Waals surface area contributed by atoms with Crippen molar-refractivity contribution in [2.24, 2.45) is 5.92 Å². The Kier molecular flexibility index (Phi) is 5.79. The number of nitrogens with zero attached hydrogens (tertiary/aromatic N) is 1. The minimum Gasteiger partial charge on any atom is -0.480 e. The second-order valence-corrected chi connectivity index (χ2v) is 9.20. The van der Waals surface area contributed by atoms with Gasteiger partial charge < -0.3 is 20.1 Å². The van der Waals surface area contributed by atoms with E-state index in [0.717, 1.165) is 30.4 Å². The molecule has 2 fully saturated rings. The lowest BCUT2D eigenvalue weighted by molar-refractivity contribution is -0.160. The summed E-state index contributed by atoms with van der Waals surface area (Å²) in [6, 6.07) is 15.6. The lowest BCUT2D eigenvalue weighted by Gasteiger charge is -2.41. The molecule has 2 amide bonds. The first-order chi connectivity index (χ1) is 16.0. The lowest BCUT2D eigenvalue weighted by Crippen LogP contribution is -2.57. The third-order valence-corrected chi connectivity index (χ3v) is 7.28. The van der Waals surface area contributed by atoms with E-state index in [2.05, 4.69) is 29.6 Å². The van der Waals surface area contributed by atoms with Gasteiger partial charge in [0.05, 0.1) is 0 Å². The number of likely N-dealkylation sites (tertiary alicyclic amines) is 1. The van der Waals surface area contributed by atoms with Gasteiger partial charge in [-0.05, 0) is 47.9 Å². The van der Waals surface area contributed by atoms with E-state index in [-0.39, 0.29) is 30.4 Å². The largest absolute Gasteiger partial charge is 0.480 e. The number of rotatable bonds is 5. The topological polar surface area (TPSA) is 95.9 Å². The van der Waals surface area contributed by atoms with Crippen molar-refractivity contribution in [2.75, 3.05) is 13.2 Å². The fraction of sp³-hybridized carbons (Fsp3) is 0.423. The van der Waals surface area contributed by atoms with Crippen molar-refractivity contribution in [3.63, 3.8) is 0 Å². The summed E-state index contributed by atoms with van der Waals surface area (Å²) in [5, 5.41) is 12.2. The predicted molar refractivity (Wildman–Crippen MR) is 122 cm³/mol. The van der Waals surface area contributed by atoms with Crippen molar-refractivity contribution in [1.29, 1.82) is 0 Å². The predicted octanol–water partition coefficient (Wildman–Crippen LogP) is 3.77. The maximum atomic E-state index is 12.8. The van der Waals surface area contributed by atoms with Crippen LogP contribution in [0.15, 0.2) is 48.5 Å². The highest BCUT2D eigenvalue weighted by atomic mass is 16.5. The van der Waals surface area contributed by atoms with E-state index in [1.54, 1.807) is 0 Å². The van der Waals surface area contributed by atoms with Crippen LogP contribution in [0.25, 0.3) is 11.1 Å². The van der Waals surface area contributed by atoms with Crippen molar-refractivity contribution in [2.45, 2.75) is 50.1 Å². The molecule has 1 aliphatic heterocycles. The molecule has 2 N–H and O–H groups in total. The number of ether oxygens (including phenoxy) is 1. The van der Waals surface area contributed by atoms with E-state index in [0.29, 0.717) is 19.4 Å². The van der Waals surface area contributed by atoms with Crippen LogP contribution in [0.5, 0.6) is 0 Å². The Balaban J connectivity index is 1.17. The number of hydrogen-bond donors (Lipinski definition) is 2. The molecule has 0 radical (unpaired) electrons. The number of carbonyl (C=O) groups excluding carboxylic acids is 2. The van der Waals surface area contributed by atoms with Gasteiger partial charge >= 0.3 is 12.1 Å². The summed E-state index contributed by atoms with van der Waals surface area (Å²) in [6.07, 6.45) is 2.89. The zero-order chi connectivity index (χ0) is 22.9. The Morgan fingerprint density at radius 2 is 1.64 bits per heavy atom. The summed E-state index contributed by atoms with van der Waals surface area (Å²) in [7, 11) is 0. The van der Waals surface area contributed by atoms with Gasteiger partial charge in [0.25, 0.3) is 0 Å². The van der Waals surface area contributed by atoms with Gasteiger partial charge in [0, 0.05) is 24.4 Å².